The first-order valence-electron chi connectivity index (χ1n) is 5.10. The molecule has 2 rings (SSSR count). The number of alkyl halides is 2. The maximum Gasteiger partial charge on any atom is 0.243 e. The molecule has 0 saturated carbocycles. The molecule has 1 fully saturated rings. The number of halogens is 2. The Balaban J connectivity index is 2.08. The van der Waals surface area contributed by atoms with Crippen LogP contribution in [0.4, 0.5) is 14.6 Å². The van der Waals surface area contributed by atoms with Crippen LogP contribution in [0.2, 0.25) is 0 Å². The fourth-order valence-electron chi connectivity index (χ4n) is 1.82. The van der Waals surface area contributed by atoms with Gasteiger partial charge in [0.1, 0.15) is 12.1 Å². The van der Waals surface area contributed by atoms with Gasteiger partial charge in [-0.1, -0.05) is 0 Å². The van der Waals surface area contributed by atoms with Crippen LogP contribution in [0.15, 0.2) is 12.4 Å². The molecule has 0 amide bonds. The Morgan fingerprint density at radius 1 is 1.50 bits per heavy atom. The van der Waals surface area contributed by atoms with Crippen molar-refractivity contribution in [1.82, 2.24) is 9.97 Å². The maximum atomic E-state index is 12.5. The summed E-state index contributed by atoms with van der Waals surface area (Å²) in [5.74, 6) is 0.543. The molecular formula is C10H13F2N3O. The average Bonchev–Trinajstić information content (AvgIpc) is 2.78. The molecule has 1 aromatic rings. The van der Waals surface area contributed by atoms with E-state index in [4.69, 9.17) is 4.74 Å². The smallest absolute Gasteiger partial charge is 0.243 e. The molecule has 0 spiro atoms. The Hall–Kier alpha value is -1.46. The van der Waals surface area contributed by atoms with Crippen molar-refractivity contribution in [2.75, 3.05) is 25.1 Å². The number of rotatable bonds is 3. The molecule has 0 aromatic carbocycles. The fourth-order valence-corrected chi connectivity index (χ4v) is 1.82. The normalized spacial score (nSPS) is 20.5. The van der Waals surface area contributed by atoms with Crippen LogP contribution >= 0.6 is 0 Å². The molecule has 4 nitrogen and oxygen atoms in total. The molecule has 88 valence electrons. The molecule has 1 atom stereocenters. The number of hydrogen-bond acceptors (Lipinski definition) is 4. The first-order chi connectivity index (χ1) is 7.70. The highest BCUT2D eigenvalue weighted by atomic mass is 19.3. The quantitative estimate of drug-likeness (QED) is 0.788. The van der Waals surface area contributed by atoms with E-state index in [1.165, 1.54) is 13.4 Å². The SMILES string of the molecule is COc1cc(N2CCC(C(F)F)C2)ncn1. The van der Waals surface area contributed by atoms with E-state index in [2.05, 4.69) is 9.97 Å². The zero-order valence-electron chi connectivity index (χ0n) is 8.94. The number of ether oxygens (including phenoxy) is 1. The van der Waals surface area contributed by atoms with Crippen LogP contribution in [0, 0.1) is 5.92 Å². The molecule has 16 heavy (non-hydrogen) atoms. The predicted octanol–water partition coefficient (Wildman–Crippen LogP) is 1.58. The lowest BCUT2D eigenvalue weighted by molar-refractivity contribution is 0.0880. The summed E-state index contributed by atoms with van der Waals surface area (Å²) in [5, 5.41) is 0. The second-order valence-corrected chi connectivity index (χ2v) is 3.75. The summed E-state index contributed by atoms with van der Waals surface area (Å²) in [7, 11) is 1.51. The van der Waals surface area contributed by atoms with Gasteiger partial charge in [-0.15, -0.1) is 0 Å². The van der Waals surface area contributed by atoms with Gasteiger partial charge >= 0.3 is 0 Å². The minimum absolute atomic E-state index is 0.345. The van der Waals surface area contributed by atoms with Crippen LogP contribution in [0.3, 0.4) is 0 Å². The minimum Gasteiger partial charge on any atom is -0.481 e. The van der Waals surface area contributed by atoms with Crippen LogP contribution in [-0.2, 0) is 0 Å². The maximum absolute atomic E-state index is 12.5. The zero-order chi connectivity index (χ0) is 11.5. The highest BCUT2D eigenvalue weighted by Crippen LogP contribution is 2.27. The third kappa shape index (κ3) is 2.20. The number of aromatic nitrogens is 2. The summed E-state index contributed by atoms with van der Waals surface area (Å²) >= 11 is 0. The third-order valence-electron chi connectivity index (χ3n) is 2.74. The number of nitrogens with zero attached hydrogens (tertiary/aromatic N) is 3. The molecule has 0 N–H and O–H groups in total. The van der Waals surface area contributed by atoms with Crippen molar-refractivity contribution in [1.29, 1.82) is 0 Å². The van der Waals surface area contributed by atoms with Gasteiger partial charge in [-0.3, -0.25) is 0 Å². The van der Waals surface area contributed by atoms with Crippen LogP contribution in [0.1, 0.15) is 6.42 Å². The fraction of sp³-hybridized carbons (Fsp3) is 0.600. The van der Waals surface area contributed by atoms with E-state index >= 15 is 0 Å². The number of hydrogen-bond donors (Lipinski definition) is 0. The molecule has 1 saturated heterocycles. The van der Waals surface area contributed by atoms with Gasteiger partial charge in [-0.25, -0.2) is 18.7 Å². The van der Waals surface area contributed by atoms with E-state index < -0.39 is 12.3 Å². The first kappa shape index (κ1) is 11.0. The second kappa shape index (κ2) is 4.59. The van der Waals surface area contributed by atoms with Gasteiger partial charge in [0.05, 0.1) is 7.11 Å². The summed E-state index contributed by atoms with van der Waals surface area (Å²) in [5.41, 5.74) is 0. The number of methoxy groups -OCH3 is 1. The molecule has 1 aromatic heterocycles. The molecule has 0 bridgehead atoms. The summed E-state index contributed by atoms with van der Waals surface area (Å²) < 4.78 is 29.9. The van der Waals surface area contributed by atoms with E-state index in [1.807, 2.05) is 4.90 Å². The molecule has 1 unspecified atom stereocenters. The van der Waals surface area contributed by atoms with Crippen LogP contribution in [-0.4, -0.2) is 36.6 Å². The van der Waals surface area contributed by atoms with Crippen LogP contribution < -0.4 is 9.64 Å². The standard InChI is InChI=1S/C10H13F2N3O/c1-16-9-4-8(13-6-14-9)15-3-2-7(5-15)10(11)12/h4,6-7,10H,2-3,5H2,1H3. The molecule has 0 radical (unpaired) electrons. The highest BCUT2D eigenvalue weighted by molar-refractivity contribution is 5.41. The topological polar surface area (TPSA) is 38.2 Å². The summed E-state index contributed by atoms with van der Waals surface area (Å²) in [6.45, 7) is 0.951. The Bertz CT molecular complexity index is 362. The Labute approximate surface area is 92.3 Å². The largest absolute Gasteiger partial charge is 0.481 e. The summed E-state index contributed by atoms with van der Waals surface area (Å²) in [6.07, 6.45) is -0.373. The lowest BCUT2D eigenvalue weighted by Gasteiger charge is -2.17. The average molecular weight is 229 g/mol. The summed E-state index contributed by atoms with van der Waals surface area (Å²) in [4.78, 5) is 9.76. The molecule has 6 heteroatoms. The van der Waals surface area contributed by atoms with Crippen molar-refractivity contribution in [3.63, 3.8) is 0 Å². The molecule has 0 aliphatic carbocycles. The van der Waals surface area contributed by atoms with Crippen LogP contribution in [0.5, 0.6) is 5.88 Å². The van der Waals surface area contributed by atoms with Gasteiger partial charge in [0.15, 0.2) is 0 Å². The second-order valence-electron chi connectivity index (χ2n) is 3.75. The van der Waals surface area contributed by atoms with Gasteiger partial charge in [0, 0.05) is 25.1 Å². The Morgan fingerprint density at radius 3 is 2.94 bits per heavy atom. The number of anilines is 1. The van der Waals surface area contributed by atoms with E-state index in [-0.39, 0.29) is 0 Å². The highest BCUT2D eigenvalue weighted by Gasteiger charge is 2.30. The van der Waals surface area contributed by atoms with E-state index in [0.717, 1.165) is 0 Å². The van der Waals surface area contributed by atoms with Gasteiger partial charge in [-0.2, -0.15) is 0 Å². The van der Waals surface area contributed by atoms with Gasteiger partial charge in [-0.05, 0) is 6.42 Å². The lowest BCUT2D eigenvalue weighted by atomic mass is 10.1. The van der Waals surface area contributed by atoms with E-state index in [9.17, 15) is 8.78 Å². The van der Waals surface area contributed by atoms with Gasteiger partial charge < -0.3 is 9.64 Å². The summed E-state index contributed by atoms with van der Waals surface area (Å²) in [6, 6.07) is 1.66. The first-order valence-corrected chi connectivity index (χ1v) is 5.10. The molecular weight excluding hydrogens is 216 g/mol. The van der Waals surface area contributed by atoms with Crippen LogP contribution in [0.25, 0.3) is 0 Å². The van der Waals surface area contributed by atoms with Crippen molar-refractivity contribution >= 4 is 5.82 Å². The van der Waals surface area contributed by atoms with Crippen molar-refractivity contribution in [3.05, 3.63) is 12.4 Å². The van der Waals surface area contributed by atoms with Crippen molar-refractivity contribution < 1.29 is 13.5 Å². The third-order valence-corrected chi connectivity index (χ3v) is 2.74. The molecule has 2 heterocycles. The minimum atomic E-state index is -2.26. The van der Waals surface area contributed by atoms with E-state index in [1.54, 1.807) is 6.07 Å². The van der Waals surface area contributed by atoms with Gasteiger partial charge in [0.25, 0.3) is 0 Å². The Kier molecular flexibility index (Phi) is 3.17. The Morgan fingerprint density at radius 2 is 2.31 bits per heavy atom. The predicted molar refractivity (Wildman–Crippen MR) is 54.9 cm³/mol. The van der Waals surface area contributed by atoms with Gasteiger partial charge in [0.2, 0.25) is 12.3 Å². The van der Waals surface area contributed by atoms with Crippen molar-refractivity contribution in [2.24, 2.45) is 5.92 Å². The zero-order valence-corrected chi connectivity index (χ0v) is 8.94. The lowest BCUT2D eigenvalue weighted by Crippen LogP contribution is -2.22. The molecule has 1 aliphatic heterocycles. The van der Waals surface area contributed by atoms with E-state index in [0.29, 0.717) is 31.2 Å². The van der Waals surface area contributed by atoms with Crippen molar-refractivity contribution in [3.8, 4) is 5.88 Å². The van der Waals surface area contributed by atoms with Crippen molar-refractivity contribution in [2.45, 2.75) is 12.8 Å². The molecule has 1 aliphatic rings. The monoisotopic (exact) mass is 229 g/mol.